The van der Waals surface area contributed by atoms with E-state index in [-0.39, 0.29) is 31.1 Å². The molecule has 0 saturated heterocycles. The number of ether oxygens (including phenoxy) is 3. The second kappa shape index (κ2) is 64.4. The number of hydrogen-bond donors (Lipinski definition) is 0. The summed E-state index contributed by atoms with van der Waals surface area (Å²) in [6.07, 6.45) is 78.0. The van der Waals surface area contributed by atoms with Gasteiger partial charge in [-0.05, 0) is 51.4 Å². The van der Waals surface area contributed by atoms with Gasteiger partial charge in [-0.2, -0.15) is 0 Å². The molecule has 0 aliphatic heterocycles. The molecule has 0 N–H and O–H groups in total. The summed E-state index contributed by atoms with van der Waals surface area (Å²) in [5.74, 6) is -0.846. The fourth-order valence-electron chi connectivity index (χ4n) is 10.4. The first-order valence-corrected chi connectivity index (χ1v) is 33.8. The third-order valence-corrected chi connectivity index (χ3v) is 15.5. The summed E-state index contributed by atoms with van der Waals surface area (Å²) in [6.45, 7) is 6.66. The molecule has 0 amide bonds. The SMILES string of the molecule is CCCCCCC/C=C\C/C=C\CCCCCCCCCCCCCCCC(=O)OCC(COC(=O)CCCCCCCCC)OC(=O)CCCCCCCCCCCCCCCCCCCCCCCCCCC. The van der Waals surface area contributed by atoms with Crippen LogP contribution >= 0.6 is 0 Å². The number of esters is 3. The zero-order chi connectivity index (χ0) is 54.3. The summed E-state index contributed by atoms with van der Waals surface area (Å²) >= 11 is 0. The Labute approximate surface area is 468 Å². The lowest BCUT2D eigenvalue weighted by Crippen LogP contribution is -2.30. The number of carbonyl (C=O) groups is 3. The van der Waals surface area contributed by atoms with Crippen LogP contribution in [0.4, 0.5) is 0 Å². The highest BCUT2D eigenvalue weighted by Gasteiger charge is 2.19. The molecule has 0 aliphatic rings. The first-order valence-electron chi connectivity index (χ1n) is 33.8. The monoisotopic (exact) mass is 1050 g/mol. The molecule has 0 aromatic heterocycles. The molecular weight excluding hydrogens is 925 g/mol. The standard InChI is InChI=1S/C69H130O6/c1-4-7-10-13-16-18-20-22-24-26-28-30-32-34-36-38-40-42-44-46-48-50-53-56-59-62-68(71)74-65-66(64-73-67(70)61-58-55-52-15-12-9-6-3)75-69(72)63-60-57-54-51-49-47-45-43-41-39-37-35-33-31-29-27-25-23-21-19-17-14-11-8-5-2/h20,22,26,28,66H,4-19,21,23-25,27,29-65H2,1-3H3/b22-20-,28-26-. The van der Waals surface area contributed by atoms with Gasteiger partial charge in [-0.1, -0.05) is 334 Å². The maximum absolute atomic E-state index is 12.9. The van der Waals surface area contributed by atoms with E-state index in [0.29, 0.717) is 19.3 Å². The minimum absolute atomic E-state index is 0.0659. The van der Waals surface area contributed by atoms with Crippen molar-refractivity contribution in [1.82, 2.24) is 0 Å². The number of rotatable bonds is 63. The molecule has 0 heterocycles. The van der Waals surface area contributed by atoms with E-state index in [9.17, 15) is 14.4 Å². The molecule has 0 radical (unpaired) electrons. The van der Waals surface area contributed by atoms with Crippen LogP contribution in [0.3, 0.4) is 0 Å². The Hall–Kier alpha value is -2.11. The molecule has 0 spiro atoms. The number of hydrogen-bond acceptors (Lipinski definition) is 6. The third kappa shape index (κ3) is 62.6. The van der Waals surface area contributed by atoms with Crippen LogP contribution in [0.15, 0.2) is 24.3 Å². The van der Waals surface area contributed by atoms with Gasteiger partial charge in [0.2, 0.25) is 0 Å². The molecule has 0 aromatic carbocycles. The van der Waals surface area contributed by atoms with Gasteiger partial charge in [0.1, 0.15) is 13.2 Å². The second-order valence-corrected chi connectivity index (χ2v) is 23.1. The van der Waals surface area contributed by atoms with E-state index in [4.69, 9.17) is 14.2 Å². The van der Waals surface area contributed by atoms with Crippen molar-refractivity contribution in [2.75, 3.05) is 13.2 Å². The van der Waals surface area contributed by atoms with E-state index in [2.05, 4.69) is 45.1 Å². The maximum atomic E-state index is 12.9. The van der Waals surface area contributed by atoms with Gasteiger partial charge in [0, 0.05) is 19.3 Å². The fraction of sp³-hybridized carbons (Fsp3) is 0.899. The molecule has 1 unspecified atom stereocenters. The van der Waals surface area contributed by atoms with Gasteiger partial charge in [-0.15, -0.1) is 0 Å². The molecule has 0 bridgehead atoms. The molecule has 0 fully saturated rings. The molecule has 0 rings (SSSR count). The molecule has 6 heteroatoms. The Bertz CT molecular complexity index is 1210. The molecule has 0 saturated carbocycles. The highest BCUT2D eigenvalue weighted by atomic mass is 16.6. The molecule has 1 atom stereocenters. The zero-order valence-corrected chi connectivity index (χ0v) is 50.8. The number of allylic oxidation sites excluding steroid dienone is 4. The van der Waals surface area contributed by atoms with Crippen molar-refractivity contribution < 1.29 is 28.6 Å². The van der Waals surface area contributed by atoms with Gasteiger partial charge in [-0.25, -0.2) is 0 Å². The lowest BCUT2D eigenvalue weighted by atomic mass is 10.0. The van der Waals surface area contributed by atoms with Crippen LogP contribution in [0, 0.1) is 0 Å². The summed E-state index contributed by atoms with van der Waals surface area (Å²) in [5.41, 5.74) is 0. The highest BCUT2D eigenvalue weighted by Crippen LogP contribution is 2.18. The molecule has 0 aromatic rings. The van der Waals surface area contributed by atoms with Crippen LogP contribution in [-0.4, -0.2) is 37.2 Å². The maximum Gasteiger partial charge on any atom is 0.306 e. The third-order valence-electron chi connectivity index (χ3n) is 15.5. The Balaban J connectivity index is 4.05. The smallest absolute Gasteiger partial charge is 0.306 e. The molecule has 0 aliphatic carbocycles. The van der Waals surface area contributed by atoms with E-state index in [0.717, 1.165) is 64.2 Å². The summed E-state index contributed by atoms with van der Waals surface area (Å²) in [6, 6.07) is 0. The normalized spacial score (nSPS) is 12.1. The Morgan fingerprint density at radius 2 is 0.480 bits per heavy atom. The van der Waals surface area contributed by atoms with Gasteiger partial charge in [-0.3, -0.25) is 14.4 Å². The van der Waals surface area contributed by atoms with E-state index in [1.54, 1.807) is 0 Å². The van der Waals surface area contributed by atoms with Crippen molar-refractivity contribution in [2.45, 2.75) is 386 Å². The molecule has 75 heavy (non-hydrogen) atoms. The predicted molar refractivity (Wildman–Crippen MR) is 326 cm³/mol. The van der Waals surface area contributed by atoms with Crippen molar-refractivity contribution in [3.8, 4) is 0 Å². The van der Waals surface area contributed by atoms with Gasteiger partial charge in [0.05, 0.1) is 0 Å². The lowest BCUT2D eigenvalue weighted by molar-refractivity contribution is -0.167. The number of unbranched alkanes of at least 4 members (excludes halogenated alkanes) is 48. The minimum Gasteiger partial charge on any atom is -0.462 e. The van der Waals surface area contributed by atoms with Crippen molar-refractivity contribution in [1.29, 1.82) is 0 Å². The van der Waals surface area contributed by atoms with Crippen LogP contribution in [0.5, 0.6) is 0 Å². The van der Waals surface area contributed by atoms with Crippen LogP contribution in [0.1, 0.15) is 380 Å². The van der Waals surface area contributed by atoms with Crippen LogP contribution in [0.25, 0.3) is 0 Å². The first-order chi connectivity index (χ1) is 37.0. The van der Waals surface area contributed by atoms with E-state index < -0.39 is 6.10 Å². The summed E-state index contributed by atoms with van der Waals surface area (Å²) < 4.78 is 16.9. The zero-order valence-electron chi connectivity index (χ0n) is 50.8. The summed E-state index contributed by atoms with van der Waals surface area (Å²) in [5, 5.41) is 0. The van der Waals surface area contributed by atoms with Crippen LogP contribution < -0.4 is 0 Å². The van der Waals surface area contributed by atoms with Crippen molar-refractivity contribution in [2.24, 2.45) is 0 Å². The van der Waals surface area contributed by atoms with Crippen molar-refractivity contribution in [3.05, 3.63) is 24.3 Å². The van der Waals surface area contributed by atoms with Gasteiger partial charge in [0.25, 0.3) is 0 Å². The Morgan fingerprint density at radius 3 is 0.733 bits per heavy atom. The highest BCUT2D eigenvalue weighted by molar-refractivity contribution is 5.71. The quantitative estimate of drug-likeness (QED) is 0.0261. The van der Waals surface area contributed by atoms with Gasteiger partial charge in [0.15, 0.2) is 6.10 Å². The van der Waals surface area contributed by atoms with E-state index in [1.165, 1.54) is 276 Å². The Kier molecular flexibility index (Phi) is 62.6. The van der Waals surface area contributed by atoms with Crippen LogP contribution in [-0.2, 0) is 28.6 Å². The van der Waals surface area contributed by atoms with Crippen molar-refractivity contribution in [3.63, 3.8) is 0 Å². The summed E-state index contributed by atoms with van der Waals surface area (Å²) in [4.78, 5) is 38.1. The van der Waals surface area contributed by atoms with Crippen molar-refractivity contribution >= 4 is 17.9 Å². The largest absolute Gasteiger partial charge is 0.462 e. The summed E-state index contributed by atoms with van der Waals surface area (Å²) in [7, 11) is 0. The topological polar surface area (TPSA) is 78.9 Å². The lowest BCUT2D eigenvalue weighted by Gasteiger charge is -2.18. The molecule has 6 nitrogen and oxygen atoms in total. The van der Waals surface area contributed by atoms with E-state index in [1.807, 2.05) is 0 Å². The molecular formula is C69H130O6. The first kappa shape index (κ1) is 72.9. The minimum atomic E-state index is -0.766. The Morgan fingerprint density at radius 1 is 0.267 bits per heavy atom. The van der Waals surface area contributed by atoms with Gasteiger partial charge >= 0.3 is 17.9 Å². The molecule has 442 valence electrons. The average molecular weight is 1060 g/mol. The fourth-order valence-corrected chi connectivity index (χ4v) is 10.4. The van der Waals surface area contributed by atoms with E-state index >= 15 is 0 Å². The van der Waals surface area contributed by atoms with Gasteiger partial charge < -0.3 is 14.2 Å². The predicted octanol–water partition coefficient (Wildman–Crippen LogP) is 23.0. The number of carbonyl (C=O) groups excluding carboxylic acids is 3. The van der Waals surface area contributed by atoms with Crippen LogP contribution in [0.2, 0.25) is 0 Å². The average Bonchev–Trinajstić information content (AvgIpc) is 3.41. The second-order valence-electron chi connectivity index (χ2n) is 23.1.